The van der Waals surface area contributed by atoms with Crippen molar-refractivity contribution in [3.05, 3.63) is 28.8 Å². The van der Waals surface area contributed by atoms with E-state index in [1.54, 1.807) is 11.8 Å². The van der Waals surface area contributed by atoms with Crippen LogP contribution in [0.1, 0.15) is 23.7 Å². The molecular weight excluding hydrogens is 300 g/mol. The molecule has 1 atom stereocenters. The van der Waals surface area contributed by atoms with Crippen molar-refractivity contribution in [2.24, 2.45) is 0 Å². The molecule has 2 amide bonds. The van der Waals surface area contributed by atoms with E-state index in [-0.39, 0.29) is 17.3 Å². The Bertz CT molecular complexity index is 497. The number of urea groups is 1. The maximum atomic E-state index is 11.9. The Morgan fingerprint density at radius 3 is 2.70 bits per heavy atom. The zero-order valence-corrected chi connectivity index (χ0v) is 12.8. The van der Waals surface area contributed by atoms with Gasteiger partial charge in [0.2, 0.25) is 0 Å². The van der Waals surface area contributed by atoms with Gasteiger partial charge in [-0.1, -0.05) is 18.5 Å². The Morgan fingerprint density at radius 2 is 2.15 bits per heavy atom. The van der Waals surface area contributed by atoms with Crippen molar-refractivity contribution in [3.8, 4) is 0 Å². The molecule has 0 saturated heterocycles. The summed E-state index contributed by atoms with van der Waals surface area (Å²) in [7, 11) is 0. The van der Waals surface area contributed by atoms with E-state index in [1.807, 2.05) is 13.2 Å². The number of amides is 2. The second kappa shape index (κ2) is 8.01. The van der Waals surface area contributed by atoms with Crippen molar-refractivity contribution in [1.82, 2.24) is 5.32 Å². The van der Waals surface area contributed by atoms with Gasteiger partial charge in [-0.2, -0.15) is 11.8 Å². The molecule has 0 fully saturated rings. The molecule has 0 heterocycles. The van der Waals surface area contributed by atoms with E-state index in [0.29, 0.717) is 5.02 Å². The van der Waals surface area contributed by atoms with Gasteiger partial charge in [0, 0.05) is 11.8 Å². The first kappa shape index (κ1) is 16.7. The molecule has 1 rings (SSSR count). The summed E-state index contributed by atoms with van der Waals surface area (Å²) in [5, 5.41) is 14.6. The van der Waals surface area contributed by atoms with Gasteiger partial charge in [0.25, 0.3) is 0 Å². The zero-order chi connectivity index (χ0) is 15.1. The van der Waals surface area contributed by atoms with E-state index >= 15 is 0 Å². The topological polar surface area (TPSA) is 78.4 Å². The molecule has 0 bridgehead atoms. The number of halogens is 1. The molecule has 110 valence electrons. The Kier molecular flexibility index (Phi) is 6.67. The van der Waals surface area contributed by atoms with Gasteiger partial charge in [-0.3, -0.25) is 0 Å². The maximum absolute atomic E-state index is 11.9. The lowest BCUT2D eigenvalue weighted by molar-refractivity contribution is 0.0697. The molecule has 0 aromatic heterocycles. The normalized spacial score (nSPS) is 11.8. The molecule has 1 aromatic carbocycles. The van der Waals surface area contributed by atoms with Crippen LogP contribution in [0, 0.1) is 0 Å². The number of thioether (sulfide) groups is 1. The Balaban J connectivity index is 2.74. The minimum absolute atomic E-state index is 0.0615. The van der Waals surface area contributed by atoms with Crippen LogP contribution < -0.4 is 10.6 Å². The van der Waals surface area contributed by atoms with Gasteiger partial charge in [0.05, 0.1) is 16.3 Å². The number of carboxylic acid groups (broad SMARTS) is 1. The minimum atomic E-state index is -1.07. The fourth-order valence-electron chi connectivity index (χ4n) is 1.56. The van der Waals surface area contributed by atoms with Crippen LogP contribution in [-0.4, -0.2) is 35.2 Å². The van der Waals surface area contributed by atoms with Crippen LogP contribution in [0.15, 0.2) is 18.2 Å². The van der Waals surface area contributed by atoms with E-state index < -0.39 is 12.0 Å². The lowest BCUT2D eigenvalue weighted by Gasteiger charge is -2.16. The van der Waals surface area contributed by atoms with Crippen molar-refractivity contribution in [2.45, 2.75) is 19.4 Å². The highest BCUT2D eigenvalue weighted by atomic mass is 35.5. The maximum Gasteiger partial charge on any atom is 0.335 e. The molecule has 0 aliphatic heterocycles. The Labute approximate surface area is 127 Å². The number of benzene rings is 1. The van der Waals surface area contributed by atoms with Crippen molar-refractivity contribution in [1.29, 1.82) is 0 Å². The number of carbonyl (C=O) groups is 2. The smallest absolute Gasteiger partial charge is 0.335 e. The summed E-state index contributed by atoms with van der Waals surface area (Å²) in [5.74, 6) is -0.258. The molecule has 1 unspecified atom stereocenters. The highest BCUT2D eigenvalue weighted by molar-refractivity contribution is 7.98. The van der Waals surface area contributed by atoms with E-state index in [4.69, 9.17) is 16.7 Å². The van der Waals surface area contributed by atoms with Crippen LogP contribution in [0.5, 0.6) is 0 Å². The molecule has 0 aliphatic rings. The molecule has 0 saturated carbocycles. The molecule has 1 aromatic rings. The minimum Gasteiger partial charge on any atom is -0.478 e. The Hall–Kier alpha value is -1.40. The number of carboxylic acids is 1. The summed E-state index contributed by atoms with van der Waals surface area (Å²) in [4.78, 5) is 22.7. The van der Waals surface area contributed by atoms with Crippen LogP contribution in [0.3, 0.4) is 0 Å². The van der Waals surface area contributed by atoms with Gasteiger partial charge in [0.1, 0.15) is 0 Å². The summed E-state index contributed by atoms with van der Waals surface area (Å²) in [6.07, 6.45) is 2.78. The zero-order valence-electron chi connectivity index (χ0n) is 11.3. The fourth-order valence-corrected chi connectivity index (χ4v) is 2.45. The van der Waals surface area contributed by atoms with Crippen molar-refractivity contribution < 1.29 is 14.7 Å². The third kappa shape index (κ3) is 4.94. The standard InChI is InChI=1S/C13H17ClN2O3S/c1-3-9(7-20-2)15-13(19)16-11-6-8(12(17)18)4-5-10(11)14/h4-6,9H,3,7H2,1-2H3,(H,17,18)(H2,15,16,19). The number of hydrogen-bond donors (Lipinski definition) is 3. The second-order valence-electron chi connectivity index (χ2n) is 4.16. The van der Waals surface area contributed by atoms with Crippen molar-refractivity contribution >= 4 is 41.1 Å². The van der Waals surface area contributed by atoms with Crippen LogP contribution >= 0.6 is 23.4 Å². The summed E-state index contributed by atoms with van der Waals surface area (Å²) in [6, 6.07) is 3.83. The van der Waals surface area contributed by atoms with E-state index in [2.05, 4.69) is 10.6 Å². The number of rotatable bonds is 6. The number of anilines is 1. The average Bonchev–Trinajstić information content (AvgIpc) is 2.40. The highest BCUT2D eigenvalue weighted by Gasteiger charge is 2.13. The largest absolute Gasteiger partial charge is 0.478 e. The number of nitrogens with one attached hydrogen (secondary N) is 2. The van der Waals surface area contributed by atoms with Gasteiger partial charge in [-0.25, -0.2) is 9.59 Å². The van der Waals surface area contributed by atoms with Gasteiger partial charge in [0.15, 0.2) is 0 Å². The van der Waals surface area contributed by atoms with Crippen molar-refractivity contribution in [2.75, 3.05) is 17.3 Å². The van der Waals surface area contributed by atoms with Gasteiger partial charge in [-0.15, -0.1) is 0 Å². The molecule has 0 aliphatic carbocycles. The first-order valence-electron chi connectivity index (χ1n) is 6.07. The summed E-state index contributed by atoms with van der Waals surface area (Å²) >= 11 is 7.58. The van der Waals surface area contributed by atoms with Crippen LogP contribution in [-0.2, 0) is 0 Å². The van der Waals surface area contributed by atoms with E-state index in [0.717, 1.165) is 12.2 Å². The van der Waals surface area contributed by atoms with E-state index in [1.165, 1.54) is 18.2 Å². The predicted molar refractivity (Wildman–Crippen MR) is 83.0 cm³/mol. The van der Waals surface area contributed by atoms with Crippen LogP contribution in [0.2, 0.25) is 5.02 Å². The monoisotopic (exact) mass is 316 g/mol. The first-order valence-corrected chi connectivity index (χ1v) is 7.84. The van der Waals surface area contributed by atoms with E-state index in [9.17, 15) is 9.59 Å². The van der Waals surface area contributed by atoms with Gasteiger partial charge < -0.3 is 15.7 Å². The molecule has 3 N–H and O–H groups in total. The third-order valence-electron chi connectivity index (χ3n) is 2.66. The molecular formula is C13H17ClN2O3S. The Morgan fingerprint density at radius 1 is 1.45 bits per heavy atom. The lowest BCUT2D eigenvalue weighted by atomic mass is 10.2. The summed E-state index contributed by atoms with van der Waals surface area (Å²) in [6.45, 7) is 1.99. The van der Waals surface area contributed by atoms with Gasteiger partial charge >= 0.3 is 12.0 Å². The predicted octanol–water partition coefficient (Wildman–Crippen LogP) is 3.30. The quantitative estimate of drug-likeness (QED) is 0.752. The lowest BCUT2D eigenvalue weighted by Crippen LogP contribution is -2.39. The summed E-state index contributed by atoms with van der Waals surface area (Å²) < 4.78 is 0. The average molecular weight is 317 g/mol. The summed E-state index contributed by atoms with van der Waals surface area (Å²) in [5.41, 5.74) is 0.351. The van der Waals surface area contributed by atoms with Crippen LogP contribution in [0.4, 0.5) is 10.5 Å². The van der Waals surface area contributed by atoms with Gasteiger partial charge in [-0.05, 0) is 30.9 Å². The molecule has 0 radical (unpaired) electrons. The first-order chi connectivity index (χ1) is 9.47. The number of hydrogen-bond acceptors (Lipinski definition) is 3. The third-order valence-corrected chi connectivity index (χ3v) is 3.72. The molecule has 20 heavy (non-hydrogen) atoms. The van der Waals surface area contributed by atoms with Crippen molar-refractivity contribution in [3.63, 3.8) is 0 Å². The fraction of sp³-hybridized carbons (Fsp3) is 0.385. The number of carbonyl (C=O) groups excluding carboxylic acids is 1. The highest BCUT2D eigenvalue weighted by Crippen LogP contribution is 2.23. The SMILES string of the molecule is CCC(CSC)NC(=O)Nc1cc(C(=O)O)ccc1Cl. The molecule has 7 heteroatoms. The molecule has 5 nitrogen and oxygen atoms in total. The van der Waals surface area contributed by atoms with Crippen LogP contribution in [0.25, 0.3) is 0 Å². The second-order valence-corrected chi connectivity index (χ2v) is 5.48. The number of aromatic carboxylic acids is 1. The molecule has 0 spiro atoms.